The molecule has 1 fully saturated rings. The van der Waals surface area contributed by atoms with Gasteiger partial charge >= 0.3 is 0 Å². The molecule has 0 amide bonds. The number of pyridine rings is 1. The van der Waals surface area contributed by atoms with Crippen LogP contribution in [-0.4, -0.2) is 28.6 Å². The predicted molar refractivity (Wildman–Crippen MR) is 103 cm³/mol. The minimum Gasteiger partial charge on any atom is -0.419 e. The van der Waals surface area contributed by atoms with Gasteiger partial charge in [0.2, 0.25) is 15.9 Å². The average molecular weight is 401 g/mol. The summed E-state index contributed by atoms with van der Waals surface area (Å²) in [6.45, 7) is 5.26. The second-order valence-corrected chi connectivity index (χ2v) is 8.93. The summed E-state index contributed by atoms with van der Waals surface area (Å²) in [7, 11) is -3.76. The average Bonchev–Trinajstić information content (AvgIpc) is 3.18. The van der Waals surface area contributed by atoms with Crippen LogP contribution in [0.15, 0.2) is 33.8 Å². The van der Waals surface area contributed by atoms with Crippen LogP contribution in [0.3, 0.4) is 0 Å². The van der Waals surface area contributed by atoms with Gasteiger partial charge in [-0.2, -0.15) is 0 Å². The molecule has 28 heavy (non-hydrogen) atoms. The number of nitrogens with zero attached hydrogens (tertiary/aromatic N) is 3. The zero-order chi connectivity index (χ0) is 19.9. The molecule has 0 spiro atoms. The first-order valence-electron chi connectivity index (χ1n) is 9.32. The minimum absolute atomic E-state index is 0.210. The molecule has 0 aromatic carbocycles. The van der Waals surface area contributed by atoms with E-state index in [1.54, 1.807) is 39.2 Å². The number of aromatic nitrogens is 4. The molecule has 0 aliphatic heterocycles. The van der Waals surface area contributed by atoms with E-state index in [1.807, 2.05) is 6.07 Å². The molecule has 3 aromatic rings. The fourth-order valence-electron chi connectivity index (χ4n) is 3.50. The molecule has 1 atom stereocenters. The summed E-state index contributed by atoms with van der Waals surface area (Å²) >= 11 is 0. The molecular weight excluding hydrogens is 378 g/mol. The molecule has 1 aliphatic carbocycles. The zero-order valence-electron chi connectivity index (χ0n) is 16.1. The highest BCUT2D eigenvalue weighted by Gasteiger charge is 2.30. The topological polar surface area (TPSA) is 114 Å². The summed E-state index contributed by atoms with van der Waals surface area (Å²) in [4.78, 5) is 7.37. The number of rotatable bonds is 6. The third-order valence-electron chi connectivity index (χ3n) is 5.26. The van der Waals surface area contributed by atoms with Gasteiger partial charge in [-0.05, 0) is 50.8 Å². The Morgan fingerprint density at radius 2 is 2.07 bits per heavy atom. The number of nitrogens with one attached hydrogen (secondary N) is 2. The van der Waals surface area contributed by atoms with Crippen molar-refractivity contribution in [3.8, 4) is 11.6 Å². The highest BCUT2D eigenvalue weighted by molar-refractivity contribution is 7.89. The van der Waals surface area contributed by atoms with E-state index in [1.165, 1.54) is 6.42 Å². The van der Waals surface area contributed by atoms with E-state index in [2.05, 4.69) is 24.9 Å². The maximum absolute atomic E-state index is 13.1. The van der Waals surface area contributed by atoms with E-state index >= 15 is 0 Å². The van der Waals surface area contributed by atoms with Crippen molar-refractivity contribution in [1.29, 1.82) is 0 Å². The van der Waals surface area contributed by atoms with Gasteiger partial charge in [-0.25, -0.2) is 13.1 Å². The minimum atomic E-state index is -3.76. The van der Waals surface area contributed by atoms with Gasteiger partial charge in [0.25, 0.3) is 5.89 Å². The quantitative estimate of drug-likeness (QED) is 0.654. The summed E-state index contributed by atoms with van der Waals surface area (Å²) in [5.74, 6) is 1.27. The SMILES string of the molecule is Cc1[nH]c(-c2nnc(C3CCC3)o2)c(C)c1S(=O)(=O)NC(C)c1cccnc1. The first-order chi connectivity index (χ1) is 13.4. The fraction of sp³-hybridized carbons (Fsp3) is 0.421. The smallest absolute Gasteiger partial charge is 0.264 e. The Morgan fingerprint density at radius 3 is 2.71 bits per heavy atom. The highest BCUT2D eigenvalue weighted by Crippen LogP contribution is 2.37. The van der Waals surface area contributed by atoms with Crippen molar-refractivity contribution in [2.45, 2.75) is 56.9 Å². The second-order valence-electron chi connectivity index (χ2n) is 7.28. The van der Waals surface area contributed by atoms with Crippen molar-refractivity contribution in [1.82, 2.24) is 24.9 Å². The van der Waals surface area contributed by atoms with Crippen LogP contribution in [0.25, 0.3) is 11.6 Å². The standard InChI is InChI=1S/C19H23N5O3S/c1-11-16(19-23-22-18(27-19)14-6-4-7-14)21-13(3)17(11)28(25,26)24-12(2)15-8-5-9-20-10-15/h5,8-10,12,14,21,24H,4,6-7H2,1-3H3. The van der Waals surface area contributed by atoms with E-state index in [4.69, 9.17) is 4.42 Å². The van der Waals surface area contributed by atoms with Crippen molar-refractivity contribution >= 4 is 10.0 Å². The van der Waals surface area contributed by atoms with Crippen LogP contribution >= 0.6 is 0 Å². The Bertz CT molecular complexity index is 1080. The lowest BCUT2D eigenvalue weighted by atomic mass is 9.85. The molecular formula is C19H23N5O3S. The van der Waals surface area contributed by atoms with Crippen LogP contribution in [0.5, 0.6) is 0 Å². The lowest BCUT2D eigenvalue weighted by Gasteiger charge is -2.20. The molecule has 8 nitrogen and oxygen atoms in total. The molecule has 0 saturated heterocycles. The lowest BCUT2D eigenvalue weighted by Crippen LogP contribution is -2.27. The van der Waals surface area contributed by atoms with Crippen LogP contribution in [-0.2, 0) is 10.0 Å². The first-order valence-corrected chi connectivity index (χ1v) is 10.8. The van der Waals surface area contributed by atoms with Crippen molar-refractivity contribution in [2.24, 2.45) is 0 Å². The van der Waals surface area contributed by atoms with E-state index in [9.17, 15) is 8.42 Å². The van der Waals surface area contributed by atoms with Crippen molar-refractivity contribution in [2.75, 3.05) is 0 Å². The second kappa shape index (κ2) is 7.14. The molecule has 9 heteroatoms. The van der Waals surface area contributed by atoms with E-state index in [0.29, 0.717) is 34.7 Å². The molecule has 0 radical (unpaired) electrons. The summed E-state index contributed by atoms with van der Waals surface area (Å²) in [5.41, 5.74) is 2.43. The van der Waals surface area contributed by atoms with Crippen LogP contribution < -0.4 is 4.72 Å². The molecule has 1 unspecified atom stereocenters. The maximum atomic E-state index is 13.1. The molecule has 0 bridgehead atoms. The third-order valence-corrected chi connectivity index (χ3v) is 7.08. The first kappa shape index (κ1) is 18.8. The summed E-state index contributed by atoms with van der Waals surface area (Å²) < 4.78 is 34.6. The van der Waals surface area contributed by atoms with Crippen molar-refractivity contribution < 1.29 is 12.8 Å². The van der Waals surface area contributed by atoms with E-state index in [-0.39, 0.29) is 4.90 Å². The Labute approximate surface area is 163 Å². The van der Waals surface area contributed by atoms with Gasteiger partial charge < -0.3 is 9.40 Å². The van der Waals surface area contributed by atoms with Gasteiger partial charge in [-0.3, -0.25) is 4.98 Å². The Morgan fingerprint density at radius 1 is 1.29 bits per heavy atom. The van der Waals surface area contributed by atoms with E-state index < -0.39 is 16.1 Å². The third kappa shape index (κ3) is 3.35. The number of hydrogen-bond acceptors (Lipinski definition) is 6. The van der Waals surface area contributed by atoms with Gasteiger partial charge in [0, 0.05) is 30.0 Å². The Hall–Kier alpha value is -2.52. The zero-order valence-corrected chi connectivity index (χ0v) is 16.9. The number of sulfonamides is 1. The van der Waals surface area contributed by atoms with Crippen LogP contribution in [0.2, 0.25) is 0 Å². The Kier molecular flexibility index (Phi) is 4.80. The molecule has 4 rings (SSSR count). The maximum Gasteiger partial charge on any atom is 0.264 e. The Balaban J connectivity index is 1.63. The van der Waals surface area contributed by atoms with Crippen LogP contribution in [0.4, 0.5) is 0 Å². The summed E-state index contributed by atoms with van der Waals surface area (Å²) in [6.07, 6.45) is 6.59. The largest absolute Gasteiger partial charge is 0.419 e. The molecule has 2 N–H and O–H groups in total. The molecule has 3 heterocycles. The van der Waals surface area contributed by atoms with Crippen molar-refractivity contribution in [3.05, 3.63) is 47.2 Å². The van der Waals surface area contributed by atoms with Gasteiger partial charge in [-0.1, -0.05) is 12.5 Å². The van der Waals surface area contributed by atoms with Gasteiger partial charge in [0.05, 0.1) is 0 Å². The van der Waals surface area contributed by atoms with E-state index in [0.717, 1.165) is 18.4 Å². The number of H-pyrrole nitrogens is 1. The lowest BCUT2D eigenvalue weighted by molar-refractivity contribution is 0.338. The van der Waals surface area contributed by atoms with Gasteiger partial charge in [0.15, 0.2) is 0 Å². The predicted octanol–water partition coefficient (Wildman–Crippen LogP) is 3.38. The fourth-order valence-corrected chi connectivity index (χ4v) is 5.18. The highest BCUT2D eigenvalue weighted by atomic mass is 32.2. The van der Waals surface area contributed by atoms with Crippen molar-refractivity contribution in [3.63, 3.8) is 0 Å². The van der Waals surface area contributed by atoms with Crippen LogP contribution in [0.1, 0.15) is 60.9 Å². The molecule has 1 aliphatic rings. The number of aryl methyl sites for hydroxylation is 1. The number of aromatic amines is 1. The molecule has 1 saturated carbocycles. The van der Waals surface area contributed by atoms with Gasteiger partial charge in [0.1, 0.15) is 10.6 Å². The summed E-state index contributed by atoms with van der Waals surface area (Å²) in [6, 6.07) is 3.20. The monoisotopic (exact) mass is 401 g/mol. The normalized spacial score (nSPS) is 16.1. The van der Waals surface area contributed by atoms with Gasteiger partial charge in [-0.15, -0.1) is 10.2 Å². The van der Waals surface area contributed by atoms with Crippen LogP contribution in [0, 0.1) is 13.8 Å². The molecule has 148 valence electrons. The molecule has 3 aromatic heterocycles. The number of hydrogen-bond donors (Lipinski definition) is 2. The summed E-state index contributed by atoms with van der Waals surface area (Å²) in [5, 5.41) is 8.26.